The van der Waals surface area contributed by atoms with Gasteiger partial charge in [-0.1, -0.05) is 18.2 Å². The van der Waals surface area contributed by atoms with E-state index in [0.29, 0.717) is 11.3 Å². The minimum atomic E-state index is -0.105. The molecule has 90 valence electrons. The predicted octanol–water partition coefficient (Wildman–Crippen LogP) is 2.87. The molecule has 0 unspecified atom stereocenters. The summed E-state index contributed by atoms with van der Waals surface area (Å²) in [5, 5.41) is 9.13. The number of aromatic hydroxyl groups is 1. The van der Waals surface area contributed by atoms with Gasteiger partial charge in [0.05, 0.1) is 0 Å². The molecule has 0 bridgehead atoms. The van der Waals surface area contributed by atoms with Gasteiger partial charge in [-0.15, -0.1) is 0 Å². The number of nitrogen functional groups attached to an aromatic ring is 1. The lowest BCUT2D eigenvalue weighted by atomic mass is 10.1. The fourth-order valence-electron chi connectivity index (χ4n) is 1.50. The molecule has 2 aromatic carbocycles. The van der Waals surface area contributed by atoms with Crippen LogP contribution in [0.5, 0.6) is 5.75 Å². The first-order valence-electron chi connectivity index (χ1n) is 5.52. The summed E-state index contributed by atoms with van der Waals surface area (Å²) >= 11 is 0. The molecule has 0 fully saturated rings. The quantitative estimate of drug-likeness (QED) is 0.492. The average Bonchev–Trinajstić information content (AvgIpc) is 2.38. The summed E-state index contributed by atoms with van der Waals surface area (Å²) in [5.74, 6) is 0.0425. The fourth-order valence-corrected chi connectivity index (χ4v) is 1.50. The molecule has 2 rings (SSSR count). The zero-order valence-electron chi connectivity index (χ0n) is 9.71. The van der Waals surface area contributed by atoms with Gasteiger partial charge in [0.25, 0.3) is 0 Å². The Morgan fingerprint density at radius 3 is 2.22 bits per heavy atom. The maximum Gasteiger partial charge on any atom is 0.185 e. The normalized spacial score (nSPS) is 10.7. The summed E-state index contributed by atoms with van der Waals surface area (Å²) in [6.07, 6.45) is 3.23. The zero-order valence-corrected chi connectivity index (χ0v) is 9.71. The first-order valence-corrected chi connectivity index (χ1v) is 5.52. The van der Waals surface area contributed by atoms with Crippen LogP contribution in [0.3, 0.4) is 0 Å². The van der Waals surface area contributed by atoms with E-state index in [-0.39, 0.29) is 11.5 Å². The van der Waals surface area contributed by atoms with Gasteiger partial charge in [-0.25, -0.2) is 0 Å². The molecular formula is C15H13NO2. The van der Waals surface area contributed by atoms with Crippen molar-refractivity contribution in [1.82, 2.24) is 0 Å². The van der Waals surface area contributed by atoms with Gasteiger partial charge in [0.2, 0.25) is 0 Å². The van der Waals surface area contributed by atoms with Crippen molar-refractivity contribution in [3.05, 3.63) is 65.7 Å². The van der Waals surface area contributed by atoms with Crippen LogP contribution in [0.1, 0.15) is 15.9 Å². The number of hydrogen-bond donors (Lipinski definition) is 2. The molecule has 0 radical (unpaired) electrons. The van der Waals surface area contributed by atoms with E-state index in [2.05, 4.69) is 0 Å². The minimum absolute atomic E-state index is 0.105. The Morgan fingerprint density at radius 2 is 1.61 bits per heavy atom. The minimum Gasteiger partial charge on any atom is -0.508 e. The molecular weight excluding hydrogens is 226 g/mol. The number of allylic oxidation sites excluding steroid dienone is 1. The van der Waals surface area contributed by atoms with E-state index in [1.807, 2.05) is 12.1 Å². The van der Waals surface area contributed by atoms with Gasteiger partial charge in [0.1, 0.15) is 5.75 Å². The van der Waals surface area contributed by atoms with Gasteiger partial charge in [0.15, 0.2) is 5.78 Å². The van der Waals surface area contributed by atoms with Crippen LogP contribution in [-0.4, -0.2) is 10.9 Å². The van der Waals surface area contributed by atoms with Gasteiger partial charge in [-0.2, -0.15) is 0 Å². The van der Waals surface area contributed by atoms with Crippen molar-refractivity contribution in [2.24, 2.45) is 0 Å². The Balaban J connectivity index is 2.11. The number of ketones is 1. The van der Waals surface area contributed by atoms with Crippen LogP contribution in [0.4, 0.5) is 5.69 Å². The highest BCUT2D eigenvalue weighted by molar-refractivity contribution is 6.06. The molecule has 0 saturated heterocycles. The summed E-state index contributed by atoms with van der Waals surface area (Å²) < 4.78 is 0. The van der Waals surface area contributed by atoms with Crippen LogP contribution < -0.4 is 5.73 Å². The van der Waals surface area contributed by atoms with E-state index >= 15 is 0 Å². The number of nitrogens with two attached hydrogens (primary N) is 1. The number of anilines is 1. The van der Waals surface area contributed by atoms with E-state index in [4.69, 9.17) is 10.8 Å². The Morgan fingerprint density at radius 1 is 1.00 bits per heavy atom. The molecule has 0 atom stereocenters. The SMILES string of the molecule is Nc1ccc(/C=C/C(=O)c2ccc(O)cc2)cc1. The van der Waals surface area contributed by atoms with Crippen molar-refractivity contribution < 1.29 is 9.90 Å². The maximum atomic E-state index is 11.8. The monoisotopic (exact) mass is 239 g/mol. The van der Waals surface area contributed by atoms with Crippen molar-refractivity contribution in [3.63, 3.8) is 0 Å². The number of benzene rings is 2. The maximum absolute atomic E-state index is 11.8. The van der Waals surface area contributed by atoms with Crippen LogP contribution in [0.2, 0.25) is 0 Å². The van der Waals surface area contributed by atoms with Gasteiger partial charge in [0, 0.05) is 11.3 Å². The number of carbonyl (C=O) groups is 1. The highest BCUT2D eigenvalue weighted by atomic mass is 16.3. The van der Waals surface area contributed by atoms with Gasteiger partial charge in [-0.05, 0) is 48.0 Å². The number of hydrogen-bond acceptors (Lipinski definition) is 3. The molecule has 0 spiro atoms. The van der Waals surface area contributed by atoms with Crippen LogP contribution in [0.25, 0.3) is 6.08 Å². The van der Waals surface area contributed by atoms with Crippen LogP contribution in [0, 0.1) is 0 Å². The zero-order chi connectivity index (χ0) is 13.0. The highest BCUT2D eigenvalue weighted by Crippen LogP contribution is 2.12. The summed E-state index contributed by atoms with van der Waals surface area (Å²) in [4.78, 5) is 11.8. The average molecular weight is 239 g/mol. The molecule has 0 aliphatic carbocycles. The van der Waals surface area contributed by atoms with E-state index in [1.54, 1.807) is 30.3 Å². The summed E-state index contributed by atoms with van der Waals surface area (Å²) in [6.45, 7) is 0. The van der Waals surface area contributed by atoms with E-state index < -0.39 is 0 Å². The smallest absolute Gasteiger partial charge is 0.185 e. The lowest BCUT2D eigenvalue weighted by molar-refractivity contribution is 0.104. The molecule has 0 saturated carbocycles. The second-order valence-corrected chi connectivity index (χ2v) is 3.91. The Bertz CT molecular complexity index is 568. The first kappa shape index (κ1) is 11.9. The molecule has 3 nitrogen and oxygen atoms in total. The molecule has 0 aliphatic rings. The molecule has 3 heteroatoms. The van der Waals surface area contributed by atoms with Crippen molar-refractivity contribution in [2.75, 3.05) is 5.73 Å². The molecule has 0 aromatic heterocycles. The number of carbonyl (C=O) groups excluding carboxylic acids is 1. The standard InChI is InChI=1S/C15H13NO2/c16-13-6-1-11(2-7-13)3-10-15(18)12-4-8-14(17)9-5-12/h1-10,17H,16H2/b10-3+. The van der Waals surface area contributed by atoms with Crippen LogP contribution in [-0.2, 0) is 0 Å². The van der Waals surface area contributed by atoms with E-state index in [1.165, 1.54) is 18.2 Å². The third-order valence-electron chi connectivity index (χ3n) is 2.52. The molecule has 0 amide bonds. The van der Waals surface area contributed by atoms with E-state index in [0.717, 1.165) is 5.56 Å². The third kappa shape index (κ3) is 2.98. The highest BCUT2D eigenvalue weighted by Gasteiger charge is 2.00. The van der Waals surface area contributed by atoms with Gasteiger partial charge < -0.3 is 10.8 Å². The van der Waals surface area contributed by atoms with Crippen LogP contribution >= 0.6 is 0 Å². The third-order valence-corrected chi connectivity index (χ3v) is 2.52. The predicted molar refractivity (Wildman–Crippen MR) is 72.3 cm³/mol. The first-order chi connectivity index (χ1) is 8.65. The molecule has 2 aromatic rings. The van der Waals surface area contributed by atoms with Crippen LogP contribution in [0.15, 0.2) is 54.6 Å². The molecule has 18 heavy (non-hydrogen) atoms. The Kier molecular flexibility index (Phi) is 3.44. The topological polar surface area (TPSA) is 63.3 Å². The van der Waals surface area contributed by atoms with Gasteiger partial charge in [-0.3, -0.25) is 4.79 Å². The van der Waals surface area contributed by atoms with Crippen molar-refractivity contribution >= 4 is 17.5 Å². The van der Waals surface area contributed by atoms with Crippen molar-refractivity contribution in [1.29, 1.82) is 0 Å². The van der Waals surface area contributed by atoms with E-state index in [9.17, 15) is 4.79 Å². The molecule has 3 N–H and O–H groups in total. The second-order valence-electron chi connectivity index (χ2n) is 3.91. The molecule has 0 aliphatic heterocycles. The Hall–Kier alpha value is -2.55. The number of rotatable bonds is 3. The lowest BCUT2D eigenvalue weighted by Crippen LogP contribution is -1.93. The number of phenols is 1. The van der Waals surface area contributed by atoms with Crippen molar-refractivity contribution in [3.8, 4) is 5.75 Å². The number of phenolic OH excluding ortho intramolecular Hbond substituents is 1. The van der Waals surface area contributed by atoms with Gasteiger partial charge >= 0.3 is 0 Å². The van der Waals surface area contributed by atoms with Crippen molar-refractivity contribution in [2.45, 2.75) is 0 Å². The molecule has 0 heterocycles. The summed E-state index contributed by atoms with van der Waals surface area (Å²) in [7, 11) is 0. The lowest BCUT2D eigenvalue weighted by Gasteiger charge is -1.97. The fraction of sp³-hybridized carbons (Fsp3) is 0. The Labute approximate surface area is 105 Å². The largest absolute Gasteiger partial charge is 0.508 e. The summed E-state index contributed by atoms with van der Waals surface area (Å²) in [5.41, 5.74) is 7.72. The summed E-state index contributed by atoms with van der Waals surface area (Å²) in [6, 6.07) is 13.4. The second kappa shape index (κ2) is 5.19.